The van der Waals surface area contributed by atoms with E-state index in [2.05, 4.69) is 34.5 Å². The summed E-state index contributed by atoms with van der Waals surface area (Å²) < 4.78 is 10.7. The first-order valence-corrected chi connectivity index (χ1v) is 8.07. The van der Waals surface area contributed by atoms with Gasteiger partial charge in [0.1, 0.15) is 0 Å². The third-order valence-electron chi connectivity index (χ3n) is 3.50. The quantitative estimate of drug-likeness (QED) is 0.353. The molecule has 0 aliphatic carbocycles. The van der Waals surface area contributed by atoms with E-state index >= 15 is 0 Å². The molecule has 124 valence electrons. The van der Waals surface area contributed by atoms with Crippen molar-refractivity contribution < 1.29 is 9.47 Å². The summed E-state index contributed by atoms with van der Waals surface area (Å²) in [5.41, 5.74) is 0. The predicted octanol–water partition coefficient (Wildman–Crippen LogP) is 0.689. The number of methoxy groups -OCH3 is 1. The highest BCUT2D eigenvalue weighted by molar-refractivity contribution is 5.79. The van der Waals surface area contributed by atoms with Crippen molar-refractivity contribution in [1.82, 2.24) is 15.5 Å². The standard InChI is InChI=1S/C15H32N4O2/c1-4-16-15(18-13-14-7-5-12-21-14)17-8-10-19(2)9-6-11-20-3/h14H,4-13H2,1-3H3,(H2,16,17,18). The Hall–Kier alpha value is -0.850. The fourth-order valence-electron chi connectivity index (χ4n) is 2.28. The third-order valence-corrected chi connectivity index (χ3v) is 3.50. The van der Waals surface area contributed by atoms with Gasteiger partial charge >= 0.3 is 0 Å². The van der Waals surface area contributed by atoms with Crippen molar-refractivity contribution in [1.29, 1.82) is 0 Å². The number of hydrogen-bond donors (Lipinski definition) is 2. The molecule has 1 heterocycles. The van der Waals surface area contributed by atoms with Crippen LogP contribution in [0.1, 0.15) is 26.2 Å². The number of likely N-dealkylation sites (N-methyl/N-ethyl adjacent to an activating group) is 1. The Bertz CT molecular complexity index is 281. The summed E-state index contributed by atoms with van der Waals surface area (Å²) in [5, 5.41) is 6.65. The molecule has 21 heavy (non-hydrogen) atoms. The highest BCUT2D eigenvalue weighted by atomic mass is 16.5. The lowest BCUT2D eigenvalue weighted by Crippen LogP contribution is -2.41. The van der Waals surface area contributed by atoms with E-state index in [-0.39, 0.29) is 0 Å². The molecule has 1 fully saturated rings. The maximum absolute atomic E-state index is 5.60. The van der Waals surface area contributed by atoms with Crippen molar-refractivity contribution in [3.8, 4) is 0 Å². The fourth-order valence-corrected chi connectivity index (χ4v) is 2.28. The van der Waals surface area contributed by atoms with Crippen LogP contribution in [0, 0.1) is 0 Å². The van der Waals surface area contributed by atoms with E-state index in [1.54, 1.807) is 7.11 Å². The minimum absolute atomic E-state index is 0.303. The van der Waals surface area contributed by atoms with Gasteiger partial charge in [-0.2, -0.15) is 0 Å². The molecule has 0 aromatic heterocycles. The highest BCUT2D eigenvalue weighted by Crippen LogP contribution is 2.11. The van der Waals surface area contributed by atoms with Crippen LogP contribution in [0.15, 0.2) is 4.99 Å². The zero-order chi connectivity index (χ0) is 15.3. The highest BCUT2D eigenvalue weighted by Gasteiger charge is 2.14. The van der Waals surface area contributed by atoms with E-state index in [0.29, 0.717) is 6.10 Å². The molecule has 1 unspecified atom stereocenters. The molecule has 0 radical (unpaired) electrons. The zero-order valence-corrected chi connectivity index (χ0v) is 13.9. The summed E-state index contributed by atoms with van der Waals surface area (Å²) in [4.78, 5) is 6.90. The Morgan fingerprint density at radius 1 is 1.38 bits per heavy atom. The van der Waals surface area contributed by atoms with E-state index in [0.717, 1.165) is 71.2 Å². The number of nitrogens with zero attached hydrogens (tertiary/aromatic N) is 2. The molecule has 1 aliphatic heterocycles. The summed E-state index contributed by atoms with van der Waals surface area (Å²) in [7, 11) is 3.88. The van der Waals surface area contributed by atoms with Crippen molar-refractivity contribution >= 4 is 5.96 Å². The molecule has 6 nitrogen and oxygen atoms in total. The molecule has 0 aromatic carbocycles. The minimum atomic E-state index is 0.303. The Kier molecular flexibility index (Phi) is 10.2. The van der Waals surface area contributed by atoms with Crippen LogP contribution in [-0.2, 0) is 9.47 Å². The second-order valence-corrected chi connectivity index (χ2v) is 5.43. The van der Waals surface area contributed by atoms with Crippen LogP contribution in [0.5, 0.6) is 0 Å². The fraction of sp³-hybridized carbons (Fsp3) is 0.933. The Labute approximate surface area is 129 Å². The van der Waals surface area contributed by atoms with Crippen molar-refractivity contribution in [2.24, 2.45) is 4.99 Å². The molecule has 2 N–H and O–H groups in total. The zero-order valence-electron chi connectivity index (χ0n) is 13.9. The van der Waals surface area contributed by atoms with Crippen molar-refractivity contribution in [2.75, 3.05) is 60.1 Å². The molecule has 1 aliphatic rings. The van der Waals surface area contributed by atoms with Gasteiger partial charge in [-0.1, -0.05) is 0 Å². The second kappa shape index (κ2) is 11.8. The summed E-state index contributed by atoms with van der Waals surface area (Å²) in [5.74, 6) is 0.887. The van der Waals surface area contributed by atoms with Gasteiger partial charge in [0, 0.05) is 46.5 Å². The van der Waals surface area contributed by atoms with E-state index in [1.165, 1.54) is 0 Å². The first-order chi connectivity index (χ1) is 10.3. The van der Waals surface area contributed by atoms with Crippen LogP contribution < -0.4 is 10.6 Å². The first-order valence-electron chi connectivity index (χ1n) is 8.07. The van der Waals surface area contributed by atoms with Gasteiger partial charge in [-0.15, -0.1) is 0 Å². The van der Waals surface area contributed by atoms with Crippen LogP contribution in [-0.4, -0.2) is 77.1 Å². The maximum Gasteiger partial charge on any atom is 0.191 e. The lowest BCUT2D eigenvalue weighted by Gasteiger charge is -2.18. The van der Waals surface area contributed by atoms with Gasteiger partial charge in [0.05, 0.1) is 12.6 Å². The number of ether oxygens (including phenoxy) is 2. The largest absolute Gasteiger partial charge is 0.385 e. The number of rotatable bonds is 10. The molecule has 1 saturated heterocycles. The topological polar surface area (TPSA) is 58.1 Å². The van der Waals surface area contributed by atoms with Crippen LogP contribution >= 0.6 is 0 Å². The molecule has 1 atom stereocenters. The SMILES string of the molecule is CCNC(=NCC1CCCO1)NCCN(C)CCCOC. The first kappa shape index (κ1) is 18.2. The molecule has 6 heteroatoms. The summed E-state index contributed by atoms with van der Waals surface area (Å²) in [6.07, 6.45) is 3.67. The molecule has 0 bridgehead atoms. The summed E-state index contributed by atoms with van der Waals surface area (Å²) in [6, 6.07) is 0. The minimum Gasteiger partial charge on any atom is -0.385 e. The normalized spacial score (nSPS) is 19.2. The average Bonchev–Trinajstić information content (AvgIpc) is 2.98. The van der Waals surface area contributed by atoms with E-state index in [4.69, 9.17) is 9.47 Å². The van der Waals surface area contributed by atoms with Gasteiger partial charge in [0.2, 0.25) is 0 Å². The summed E-state index contributed by atoms with van der Waals surface area (Å²) >= 11 is 0. The van der Waals surface area contributed by atoms with Gasteiger partial charge in [-0.3, -0.25) is 4.99 Å². The predicted molar refractivity (Wildman–Crippen MR) is 86.9 cm³/mol. The molecule has 1 rings (SSSR count). The van der Waals surface area contributed by atoms with Gasteiger partial charge in [-0.05, 0) is 33.2 Å². The van der Waals surface area contributed by atoms with Crippen molar-refractivity contribution in [3.05, 3.63) is 0 Å². The van der Waals surface area contributed by atoms with Crippen LogP contribution in [0.4, 0.5) is 0 Å². The molecule has 0 amide bonds. The monoisotopic (exact) mass is 300 g/mol. The number of hydrogen-bond acceptors (Lipinski definition) is 4. The Morgan fingerprint density at radius 3 is 2.90 bits per heavy atom. The van der Waals surface area contributed by atoms with Crippen LogP contribution in [0.3, 0.4) is 0 Å². The van der Waals surface area contributed by atoms with E-state index in [9.17, 15) is 0 Å². The smallest absolute Gasteiger partial charge is 0.191 e. The number of guanidine groups is 1. The molecular weight excluding hydrogens is 268 g/mol. The molecule has 0 saturated carbocycles. The van der Waals surface area contributed by atoms with Gasteiger partial charge in [0.25, 0.3) is 0 Å². The van der Waals surface area contributed by atoms with Gasteiger partial charge in [-0.25, -0.2) is 0 Å². The summed E-state index contributed by atoms with van der Waals surface area (Å²) in [6.45, 7) is 8.36. The van der Waals surface area contributed by atoms with Crippen LogP contribution in [0.2, 0.25) is 0 Å². The van der Waals surface area contributed by atoms with Crippen LogP contribution in [0.25, 0.3) is 0 Å². The molecular formula is C15H32N4O2. The van der Waals surface area contributed by atoms with Crippen molar-refractivity contribution in [3.63, 3.8) is 0 Å². The molecule has 0 spiro atoms. The third kappa shape index (κ3) is 8.90. The average molecular weight is 300 g/mol. The molecule has 0 aromatic rings. The van der Waals surface area contributed by atoms with E-state index < -0.39 is 0 Å². The Morgan fingerprint density at radius 2 is 2.24 bits per heavy atom. The van der Waals surface area contributed by atoms with Gasteiger partial charge in [0.15, 0.2) is 5.96 Å². The maximum atomic E-state index is 5.60. The lowest BCUT2D eigenvalue weighted by molar-refractivity contribution is 0.117. The Balaban J connectivity index is 2.18. The lowest BCUT2D eigenvalue weighted by atomic mass is 10.2. The van der Waals surface area contributed by atoms with E-state index in [1.807, 2.05) is 0 Å². The van der Waals surface area contributed by atoms with Gasteiger partial charge < -0.3 is 25.0 Å². The number of aliphatic imine (C=N–C) groups is 1. The second-order valence-electron chi connectivity index (χ2n) is 5.43. The number of nitrogens with one attached hydrogen (secondary N) is 2. The van der Waals surface area contributed by atoms with Crippen molar-refractivity contribution in [2.45, 2.75) is 32.3 Å².